The molecule has 0 unspecified atom stereocenters. The van der Waals surface area contributed by atoms with Crippen molar-refractivity contribution < 1.29 is 4.74 Å². The molecule has 0 radical (unpaired) electrons. The van der Waals surface area contributed by atoms with E-state index in [0.717, 1.165) is 28.0 Å². The highest BCUT2D eigenvalue weighted by Gasteiger charge is 2.08. The van der Waals surface area contributed by atoms with Crippen LogP contribution in [0.2, 0.25) is 5.02 Å². The molecule has 0 atom stereocenters. The van der Waals surface area contributed by atoms with Gasteiger partial charge in [-0.15, -0.1) is 0 Å². The molecule has 2 rings (SSSR count). The number of hydrogen-bond acceptors (Lipinski definition) is 3. The SMILES string of the molecule is COc1ccc(CN(C)c2cc(Cl)ccc2N)cc1Br. The number of rotatable bonds is 4. The van der Waals surface area contributed by atoms with E-state index < -0.39 is 0 Å². The first kappa shape index (κ1) is 15.0. The van der Waals surface area contributed by atoms with Crippen molar-refractivity contribution in [1.82, 2.24) is 0 Å². The number of hydrogen-bond donors (Lipinski definition) is 1. The maximum atomic E-state index is 6.02. The van der Waals surface area contributed by atoms with Gasteiger partial charge < -0.3 is 15.4 Å². The van der Waals surface area contributed by atoms with Crippen molar-refractivity contribution in [2.75, 3.05) is 24.8 Å². The summed E-state index contributed by atoms with van der Waals surface area (Å²) < 4.78 is 6.16. The van der Waals surface area contributed by atoms with Crippen LogP contribution in [-0.2, 0) is 6.54 Å². The van der Waals surface area contributed by atoms with Gasteiger partial charge in [0.1, 0.15) is 5.75 Å². The first-order valence-corrected chi connectivity index (χ1v) is 7.27. The van der Waals surface area contributed by atoms with Crippen molar-refractivity contribution in [2.24, 2.45) is 0 Å². The van der Waals surface area contributed by atoms with E-state index in [-0.39, 0.29) is 0 Å². The van der Waals surface area contributed by atoms with Gasteiger partial charge in [-0.25, -0.2) is 0 Å². The van der Waals surface area contributed by atoms with Crippen LogP contribution in [0.15, 0.2) is 40.9 Å². The van der Waals surface area contributed by atoms with E-state index in [9.17, 15) is 0 Å². The predicted molar refractivity (Wildman–Crippen MR) is 88.7 cm³/mol. The molecule has 0 heterocycles. The molecule has 2 aromatic rings. The number of nitrogens with zero attached hydrogens (tertiary/aromatic N) is 1. The Morgan fingerprint density at radius 2 is 2.00 bits per heavy atom. The summed E-state index contributed by atoms with van der Waals surface area (Å²) in [5, 5.41) is 0.678. The maximum absolute atomic E-state index is 6.02. The molecule has 5 heteroatoms. The smallest absolute Gasteiger partial charge is 0.133 e. The molecule has 20 heavy (non-hydrogen) atoms. The first-order chi connectivity index (χ1) is 9.51. The van der Waals surface area contributed by atoms with E-state index >= 15 is 0 Å². The molecule has 0 amide bonds. The molecule has 3 nitrogen and oxygen atoms in total. The van der Waals surface area contributed by atoms with Gasteiger partial charge in [0.05, 0.1) is 23.0 Å². The third-order valence-electron chi connectivity index (χ3n) is 3.04. The van der Waals surface area contributed by atoms with E-state index in [2.05, 4.69) is 20.8 Å². The average molecular weight is 356 g/mol. The van der Waals surface area contributed by atoms with Crippen LogP contribution < -0.4 is 15.4 Å². The zero-order valence-corrected chi connectivity index (χ0v) is 13.7. The normalized spacial score (nSPS) is 10.4. The Hall–Kier alpha value is -1.39. The van der Waals surface area contributed by atoms with Gasteiger partial charge in [0.25, 0.3) is 0 Å². The number of halogens is 2. The fraction of sp³-hybridized carbons (Fsp3) is 0.200. The predicted octanol–water partition coefficient (Wildman–Crippen LogP) is 4.33. The molecule has 0 spiro atoms. The Morgan fingerprint density at radius 1 is 1.25 bits per heavy atom. The minimum atomic E-state index is 0.678. The Labute approximate surface area is 132 Å². The lowest BCUT2D eigenvalue weighted by atomic mass is 10.2. The number of nitrogen functional groups attached to an aromatic ring is 1. The second-order valence-corrected chi connectivity index (χ2v) is 5.82. The highest BCUT2D eigenvalue weighted by Crippen LogP contribution is 2.29. The minimum absolute atomic E-state index is 0.678. The molecule has 2 aromatic carbocycles. The van der Waals surface area contributed by atoms with Crippen LogP contribution >= 0.6 is 27.5 Å². The summed E-state index contributed by atoms with van der Waals surface area (Å²) in [7, 11) is 3.64. The number of anilines is 2. The van der Waals surface area contributed by atoms with Gasteiger partial charge in [0.15, 0.2) is 0 Å². The molecule has 0 fully saturated rings. The number of ether oxygens (including phenoxy) is 1. The van der Waals surface area contributed by atoms with Crippen LogP contribution in [0, 0.1) is 0 Å². The van der Waals surface area contributed by atoms with Gasteiger partial charge in [-0.05, 0) is 51.8 Å². The lowest BCUT2D eigenvalue weighted by Crippen LogP contribution is -2.17. The van der Waals surface area contributed by atoms with Gasteiger partial charge >= 0.3 is 0 Å². The maximum Gasteiger partial charge on any atom is 0.133 e. The number of nitrogens with two attached hydrogens (primary N) is 1. The van der Waals surface area contributed by atoms with Crippen LogP contribution in [0.1, 0.15) is 5.56 Å². The molecule has 0 saturated heterocycles. The molecule has 106 valence electrons. The van der Waals surface area contributed by atoms with E-state index in [1.165, 1.54) is 0 Å². The van der Waals surface area contributed by atoms with Gasteiger partial charge in [-0.1, -0.05) is 17.7 Å². The zero-order valence-electron chi connectivity index (χ0n) is 11.4. The molecule has 0 saturated carbocycles. The first-order valence-electron chi connectivity index (χ1n) is 6.10. The van der Waals surface area contributed by atoms with E-state index in [4.69, 9.17) is 22.1 Å². The second-order valence-electron chi connectivity index (χ2n) is 4.53. The Kier molecular flexibility index (Phi) is 4.78. The summed E-state index contributed by atoms with van der Waals surface area (Å²) >= 11 is 9.51. The Morgan fingerprint density at radius 3 is 2.65 bits per heavy atom. The molecule has 0 bridgehead atoms. The van der Waals surface area contributed by atoms with Gasteiger partial charge in [0, 0.05) is 18.6 Å². The molecule has 0 aromatic heterocycles. The van der Waals surface area contributed by atoms with Crippen molar-refractivity contribution in [1.29, 1.82) is 0 Å². The topological polar surface area (TPSA) is 38.5 Å². The molecule has 0 aliphatic heterocycles. The fourth-order valence-electron chi connectivity index (χ4n) is 2.01. The summed E-state index contributed by atoms with van der Waals surface area (Å²) in [6, 6.07) is 11.5. The summed E-state index contributed by atoms with van der Waals surface area (Å²) in [5.41, 5.74) is 8.78. The van der Waals surface area contributed by atoms with Crippen molar-refractivity contribution in [3.8, 4) is 5.75 Å². The van der Waals surface area contributed by atoms with Crippen molar-refractivity contribution in [3.63, 3.8) is 0 Å². The van der Waals surface area contributed by atoms with E-state index in [1.807, 2.05) is 37.4 Å². The van der Waals surface area contributed by atoms with E-state index in [1.54, 1.807) is 13.2 Å². The molecular formula is C15H16BrClN2O. The Bertz CT molecular complexity index is 619. The summed E-state index contributed by atoms with van der Waals surface area (Å²) in [5.74, 6) is 0.818. The molecule has 2 N–H and O–H groups in total. The van der Waals surface area contributed by atoms with Crippen LogP contribution in [-0.4, -0.2) is 14.2 Å². The van der Waals surface area contributed by atoms with Crippen LogP contribution in [0.3, 0.4) is 0 Å². The summed E-state index contributed by atoms with van der Waals surface area (Å²) in [6.45, 7) is 0.729. The van der Waals surface area contributed by atoms with Crippen LogP contribution in [0.25, 0.3) is 0 Å². The van der Waals surface area contributed by atoms with E-state index in [0.29, 0.717) is 10.7 Å². The second kappa shape index (κ2) is 6.37. The largest absolute Gasteiger partial charge is 0.496 e. The quantitative estimate of drug-likeness (QED) is 0.830. The summed E-state index contributed by atoms with van der Waals surface area (Å²) in [4.78, 5) is 2.06. The standard InChI is InChI=1S/C15H16BrClN2O/c1-19(14-8-11(17)4-5-13(14)18)9-10-3-6-15(20-2)12(16)7-10/h3-8H,9,18H2,1-2H3. The molecule has 0 aliphatic carbocycles. The third kappa shape index (κ3) is 3.38. The minimum Gasteiger partial charge on any atom is -0.496 e. The van der Waals surface area contributed by atoms with Gasteiger partial charge in [-0.2, -0.15) is 0 Å². The van der Waals surface area contributed by atoms with Gasteiger partial charge in [0.2, 0.25) is 0 Å². The van der Waals surface area contributed by atoms with Crippen molar-refractivity contribution in [3.05, 3.63) is 51.5 Å². The molecule has 0 aliphatic rings. The number of benzene rings is 2. The van der Waals surface area contributed by atoms with Crippen molar-refractivity contribution >= 4 is 38.9 Å². The third-order valence-corrected chi connectivity index (χ3v) is 3.89. The van der Waals surface area contributed by atoms with Crippen molar-refractivity contribution in [2.45, 2.75) is 6.54 Å². The summed E-state index contributed by atoms with van der Waals surface area (Å²) in [6.07, 6.45) is 0. The monoisotopic (exact) mass is 354 g/mol. The highest BCUT2D eigenvalue weighted by molar-refractivity contribution is 9.10. The molecular weight excluding hydrogens is 340 g/mol. The van der Waals surface area contributed by atoms with Gasteiger partial charge in [-0.3, -0.25) is 0 Å². The Balaban J connectivity index is 2.21. The lowest BCUT2D eigenvalue weighted by molar-refractivity contribution is 0.412. The fourth-order valence-corrected chi connectivity index (χ4v) is 2.77. The number of methoxy groups -OCH3 is 1. The van der Waals surface area contributed by atoms with Crippen LogP contribution in [0.4, 0.5) is 11.4 Å². The zero-order chi connectivity index (χ0) is 14.7. The average Bonchev–Trinajstić information content (AvgIpc) is 2.41. The highest BCUT2D eigenvalue weighted by atomic mass is 79.9. The lowest BCUT2D eigenvalue weighted by Gasteiger charge is -2.21. The van der Waals surface area contributed by atoms with Crippen LogP contribution in [0.5, 0.6) is 5.75 Å².